The minimum absolute atomic E-state index is 0.0334. The number of anilines is 1. The SMILES string of the molecule is NS(=O)(=O)c1ccc(N2C(=O)CC(N(Cc3ccco3)S(=O)(=O)c3ccc4ccccc4c3)C2=O)cc1. The van der Waals surface area contributed by atoms with Crippen LogP contribution in [0.2, 0.25) is 0 Å². The molecule has 2 amide bonds. The third-order valence-corrected chi connectivity index (χ3v) is 8.89. The lowest BCUT2D eigenvalue weighted by Crippen LogP contribution is -2.45. The van der Waals surface area contributed by atoms with Gasteiger partial charge in [-0.15, -0.1) is 0 Å². The van der Waals surface area contributed by atoms with Gasteiger partial charge in [0.05, 0.1) is 34.7 Å². The molecular weight excluding hydrogens is 518 g/mol. The molecule has 0 bridgehead atoms. The van der Waals surface area contributed by atoms with Crippen molar-refractivity contribution in [2.45, 2.75) is 28.8 Å². The van der Waals surface area contributed by atoms with Crippen molar-refractivity contribution in [1.82, 2.24) is 4.31 Å². The van der Waals surface area contributed by atoms with Crippen LogP contribution < -0.4 is 10.0 Å². The van der Waals surface area contributed by atoms with Gasteiger partial charge < -0.3 is 4.42 Å². The number of sulfonamides is 2. The lowest BCUT2D eigenvalue weighted by molar-refractivity contribution is -0.122. The zero-order valence-corrected chi connectivity index (χ0v) is 20.9. The molecule has 1 saturated heterocycles. The van der Waals surface area contributed by atoms with E-state index in [2.05, 4.69) is 0 Å². The fraction of sp³-hybridized carbons (Fsp3) is 0.120. The minimum atomic E-state index is -4.26. The van der Waals surface area contributed by atoms with Gasteiger partial charge in [-0.2, -0.15) is 4.31 Å². The molecule has 4 aromatic rings. The Bertz CT molecular complexity index is 1720. The molecule has 0 saturated carbocycles. The number of nitrogens with zero attached hydrogens (tertiary/aromatic N) is 2. The fourth-order valence-corrected chi connectivity index (χ4v) is 6.38. The number of carbonyl (C=O) groups is 2. The number of hydrogen-bond acceptors (Lipinski definition) is 7. The molecule has 37 heavy (non-hydrogen) atoms. The summed E-state index contributed by atoms with van der Waals surface area (Å²) in [5.74, 6) is -1.10. The topological polar surface area (TPSA) is 148 Å². The molecule has 1 aliphatic rings. The zero-order valence-electron chi connectivity index (χ0n) is 19.2. The first-order valence-electron chi connectivity index (χ1n) is 11.1. The molecular formula is C25H21N3O7S2. The first kappa shape index (κ1) is 24.8. The van der Waals surface area contributed by atoms with E-state index in [-0.39, 0.29) is 22.0 Å². The molecule has 0 aliphatic carbocycles. The van der Waals surface area contributed by atoms with Crippen LogP contribution in [-0.2, 0) is 36.2 Å². The van der Waals surface area contributed by atoms with Gasteiger partial charge in [-0.05, 0) is 59.3 Å². The summed E-state index contributed by atoms with van der Waals surface area (Å²) in [7, 11) is -8.24. The predicted molar refractivity (Wildman–Crippen MR) is 134 cm³/mol. The summed E-state index contributed by atoms with van der Waals surface area (Å²) >= 11 is 0. The number of rotatable bonds is 7. The van der Waals surface area contributed by atoms with Crippen molar-refractivity contribution in [2.24, 2.45) is 5.14 Å². The van der Waals surface area contributed by atoms with Gasteiger partial charge in [0.25, 0.3) is 5.91 Å². The molecule has 1 aromatic heterocycles. The Morgan fingerprint density at radius 3 is 2.19 bits per heavy atom. The molecule has 3 aromatic carbocycles. The molecule has 0 spiro atoms. The summed E-state index contributed by atoms with van der Waals surface area (Å²) in [6.45, 7) is -0.274. The molecule has 10 nitrogen and oxygen atoms in total. The van der Waals surface area contributed by atoms with E-state index >= 15 is 0 Å². The number of imide groups is 1. The Labute approximate surface area is 213 Å². The molecule has 2 heterocycles. The highest BCUT2D eigenvalue weighted by Crippen LogP contribution is 2.32. The Balaban J connectivity index is 1.53. The maximum atomic E-state index is 13.9. The van der Waals surface area contributed by atoms with E-state index < -0.39 is 44.3 Å². The van der Waals surface area contributed by atoms with Crippen molar-refractivity contribution in [2.75, 3.05) is 4.90 Å². The number of carbonyl (C=O) groups excluding carboxylic acids is 2. The van der Waals surface area contributed by atoms with Crippen LogP contribution in [0.25, 0.3) is 10.8 Å². The van der Waals surface area contributed by atoms with Gasteiger partial charge in [0.1, 0.15) is 11.8 Å². The first-order chi connectivity index (χ1) is 17.6. The van der Waals surface area contributed by atoms with E-state index in [0.29, 0.717) is 11.1 Å². The third-order valence-electron chi connectivity index (χ3n) is 6.11. The van der Waals surface area contributed by atoms with Crippen LogP contribution in [0, 0.1) is 0 Å². The number of nitrogens with two attached hydrogens (primary N) is 1. The maximum Gasteiger partial charge on any atom is 0.252 e. The number of hydrogen-bond donors (Lipinski definition) is 1. The van der Waals surface area contributed by atoms with Crippen molar-refractivity contribution in [3.05, 3.63) is 90.9 Å². The lowest BCUT2D eigenvalue weighted by atomic mass is 10.1. The monoisotopic (exact) mass is 539 g/mol. The summed E-state index contributed by atoms with van der Waals surface area (Å²) < 4.78 is 57.2. The largest absolute Gasteiger partial charge is 0.468 e. The normalized spacial score (nSPS) is 16.7. The summed E-state index contributed by atoms with van der Waals surface area (Å²) in [5, 5.41) is 6.67. The van der Waals surface area contributed by atoms with E-state index in [1.807, 2.05) is 12.1 Å². The van der Waals surface area contributed by atoms with Crippen LogP contribution in [0.3, 0.4) is 0 Å². The first-order valence-corrected chi connectivity index (χ1v) is 14.1. The third kappa shape index (κ3) is 4.67. The van der Waals surface area contributed by atoms with Crippen LogP contribution in [0.15, 0.2) is 99.3 Å². The van der Waals surface area contributed by atoms with Gasteiger partial charge in [-0.3, -0.25) is 9.59 Å². The second-order valence-corrected chi connectivity index (χ2v) is 11.9. The second-order valence-electron chi connectivity index (χ2n) is 8.46. The van der Waals surface area contributed by atoms with Crippen LogP contribution in [0.1, 0.15) is 12.2 Å². The Hall–Kier alpha value is -3.84. The molecule has 190 valence electrons. The van der Waals surface area contributed by atoms with Gasteiger partial charge in [-0.1, -0.05) is 30.3 Å². The molecule has 1 unspecified atom stereocenters. The summed E-state index contributed by atoms with van der Waals surface area (Å²) in [5.41, 5.74) is 0.103. The van der Waals surface area contributed by atoms with E-state index in [4.69, 9.17) is 9.56 Å². The van der Waals surface area contributed by atoms with E-state index in [1.54, 1.807) is 30.3 Å². The van der Waals surface area contributed by atoms with Gasteiger partial charge in [0, 0.05) is 0 Å². The van der Waals surface area contributed by atoms with Gasteiger partial charge in [0.15, 0.2) is 0 Å². The highest BCUT2D eigenvalue weighted by atomic mass is 32.2. The Kier molecular flexibility index (Phi) is 6.20. The van der Waals surface area contributed by atoms with Crippen LogP contribution in [-0.4, -0.2) is 39.0 Å². The highest BCUT2D eigenvalue weighted by Gasteiger charge is 2.47. The molecule has 1 aliphatic heterocycles. The van der Waals surface area contributed by atoms with Gasteiger partial charge in [-0.25, -0.2) is 26.9 Å². The van der Waals surface area contributed by atoms with Crippen molar-refractivity contribution in [3.8, 4) is 0 Å². The van der Waals surface area contributed by atoms with E-state index in [0.717, 1.165) is 14.6 Å². The van der Waals surface area contributed by atoms with Crippen LogP contribution in [0.5, 0.6) is 0 Å². The molecule has 5 rings (SSSR count). The van der Waals surface area contributed by atoms with Gasteiger partial charge >= 0.3 is 0 Å². The summed E-state index contributed by atoms with van der Waals surface area (Å²) in [4.78, 5) is 27.1. The molecule has 2 N–H and O–H groups in total. The number of primary sulfonamides is 1. The van der Waals surface area contributed by atoms with Crippen molar-refractivity contribution in [1.29, 1.82) is 0 Å². The molecule has 1 atom stereocenters. The molecule has 12 heteroatoms. The van der Waals surface area contributed by atoms with Crippen molar-refractivity contribution < 1.29 is 30.8 Å². The van der Waals surface area contributed by atoms with Crippen molar-refractivity contribution >= 4 is 48.3 Å². The van der Waals surface area contributed by atoms with Crippen LogP contribution >= 0.6 is 0 Å². The lowest BCUT2D eigenvalue weighted by Gasteiger charge is -2.26. The Morgan fingerprint density at radius 1 is 0.865 bits per heavy atom. The fourth-order valence-electron chi connectivity index (χ4n) is 4.28. The number of benzene rings is 3. The smallest absolute Gasteiger partial charge is 0.252 e. The van der Waals surface area contributed by atoms with E-state index in [1.165, 1.54) is 42.7 Å². The van der Waals surface area contributed by atoms with Crippen LogP contribution in [0.4, 0.5) is 5.69 Å². The highest BCUT2D eigenvalue weighted by molar-refractivity contribution is 7.89. The predicted octanol–water partition coefficient (Wildman–Crippen LogP) is 2.60. The number of fused-ring (bicyclic) bond motifs is 1. The van der Waals surface area contributed by atoms with E-state index in [9.17, 15) is 26.4 Å². The number of amides is 2. The Morgan fingerprint density at radius 2 is 1.54 bits per heavy atom. The van der Waals surface area contributed by atoms with Gasteiger partial charge in [0.2, 0.25) is 26.0 Å². The zero-order chi connectivity index (χ0) is 26.4. The molecule has 1 fully saturated rings. The average molecular weight is 540 g/mol. The minimum Gasteiger partial charge on any atom is -0.468 e. The van der Waals surface area contributed by atoms with Crippen molar-refractivity contribution in [3.63, 3.8) is 0 Å². The average Bonchev–Trinajstić information content (AvgIpc) is 3.49. The standard InChI is InChI=1S/C25H21N3O7S2/c26-36(31,32)21-11-8-19(9-12-21)28-24(29)15-23(25(28)30)27(16-20-6-3-13-35-20)37(33,34)22-10-7-17-4-1-2-5-18(17)14-22/h1-14,23H,15-16H2,(H2,26,31,32). The second kappa shape index (κ2) is 9.23. The summed E-state index contributed by atoms with van der Waals surface area (Å²) in [6.07, 6.45) is 0.987. The molecule has 0 radical (unpaired) electrons. The maximum absolute atomic E-state index is 13.9. The quantitative estimate of drug-likeness (QED) is 0.355. The number of furan rings is 1. The summed E-state index contributed by atoms with van der Waals surface area (Å²) in [6, 6.07) is 18.6.